The fourth-order valence-electron chi connectivity index (χ4n) is 1.43. The number of alkyl halides is 3. The number of anilines is 1. The molecule has 1 N–H and O–H groups in total. The van der Waals surface area contributed by atoms with Crippen molar-refractivity contribution >= 4 is 21.6 Å². The minimum atomic E-state index is -4.38. The molecule has 0 amide bonds. The molecule has 1 rings (SSSR count). The molecule has 0 atom stereocenters. The average Bonchev–Trinajstić information content (AvgIpc) is 2.34. The molecule has 0 spiro atoms. The van der Waals surface area contributed by atoms with E-state index in [1.54, 1.807) is 12.1 Å². The lowest BCUT2D eigenvalue weighted by molar-refractivity contribution is -0.137. The van der Waals surface area contributed by atoms with Crippen LogP contribution in [0.25, 0.3) is 0 Å². The Bertz CT molecular complexity index is 421. The molecular weight excluding hydrogens is 323 g/mol. The van der Waals surface area contributed by atoms with Gasteiger partial charge >= 0.3 is 6.18 Å². The molecule has 1 aromatic rings. The Morgan fingerprint density at radius 1 is 1.32 bits per heavy atom. The quantitative estimate of drug-likeness (QED) is 0.585. The van der Waals surface area contributed by atoms with Gasteiger partial charge in [-0.15, -0.1) is 6.58 Å². The molecule has 0 aliphatic heterocycles. The smallest absolute Gasteiger partial charge is 0.382 e. The maximum atomic E-state index is 12.8. The summed E-state index contributed by atoms with van der Waals surface area (Å²) in [5, 5.41) is 2.73. The summed E-state index contributed by atoms with van der Waals surface area (Å²) in [4.78, 5) is 0. The maximum absolute atomic E-state index is 12.8. The zero-order valence-electron chi connectivity index (χ0n) is 10.3. The number of benzene rings is 1. The lowest BCUT2D eigenvalue weighted by atomic mass is 10.1. The summed E-state index contributed by atoms with van der Waals surface area (Å²) in [5.41, 5.74) is -0.629. The van der Waals surface area contributed by atoms with Gasteiger partial charge in [0.2, 0.25) is 0 Å². The second-order valence-electron chi connectivity index (χ2n) is 3.80. The Balaban J connectivity index is 2.56. The third-order valence-corrected chi connectivity index (χ3v) is 2.81. The first-order valence-corrected chi connectivity index (χ1v) is 6.53. The Hall–Kier alpha value is -1.01. The van der Waals surface area contributed by atoms with Crippen molar-refractivity contribution in [2.45, 2.75) is 12.6 Å². The lowest BCUT2D eigenvalue weighted by Crippen LogP contribution is -2.14. The van der Waals surface area contributed by atoms with Crippen LogP contribution in [0.2, 0.25) is 0 Å². The predicted molar refractivity (Wildman–Crippen MR) is 73.3 cm³/mol. The fourth-order valence-corrected chi connectivity index (χ4v) is 1.79. The van der Waals surface area contributed by atoms with Crippen molar-refractivity contribution in [3.05, 3.63) is 40.9 Å². The summed E-state index contributed by atoms with van der Waals surface area (Å²) in [7, 11) is 0. The minimum absolute atomic E-state index is 0.0584. The Morgan fingerprint density at radius 2 is 2.05 bits per heavy atom. The molecule has 0 aromatic heterocycles. The number of hydrogen-bond donors (Lipinski definition) is 1. The standard InChI is InChI=1S/C13H15BrF3NO/c1-2-3-7-19-8-6-18-12-5-4-10(14)9-11(12)13(15,16)17/h2,4-5,9,18H,1,3,6-8H2. The van der Waals surface area contributed by atoms with E-state index < -0.39 is 11.7 Å². The molecule has 0 saturated heterocycles. The molecule has 2 nitrogen and oxygen atoms in total. The van der Waals surface area contributed by atoms with E-state index in [9.17, 15) is 13.2 Å². The highest BCUT2D eigenvalue weighted by Crippen LogP contribution is 2.36. The van der Waals surface area contributed by atoms with E-state index in [1.165, 1.54) is 6.07 Å². The largest absolute Gasteiger partial charge is 0.418 e. The highest BCUT2D eigenvalue weighted by atomic mass is 79.9. The van der Waals surface area contributed by atoms with Crippen LogP contribution in [0, 0.1) is 0 Å². The Kier molecular flexibility index (Phi) is 6.37. The molecule has 106 valence electrons. The van der Waals surface area contributed by atoms with Crippen molar-refractivity contribution in [3.8, 4) is 0 Å². The van der Waals surface area contributed by atoms with Crippen molar-refractivity contribution in [3.63, 3.8) is 0 Å². The molecule has 0 radical (unpaired) electrons. The van der Waals surface area contributed by atoms with Crippen LogP contribution in [0.15, 0.2) is 35.3 Å². The normalized spacial score (nSPS) is 11.4. The summed E-state index contributed by atoms with van der Waals surface area (Å²) < 4.78 is 44.0. The van der Waals surface area contributed by atoms with E-state index in [4.69, 9.17) is 4.74 Å². The van der Waals surface area contributed by atoms with Gasteiger partial charge in [0.25, 0.3) is 0 Å². The van der Waals surface area contributed by atoms with Gasteiger partial charge in [-0.25, -0.2) is 0 Å². The van der Waals surface area contributed by atoms with Crippen molar-refractivity contribution in [2.75, 3.05) is 25.1 Å². The van der Waals surface area contributed by atoms with Crippen LogP contribution < -0.4 is 5.32 Å². The number of nitrogens with one attached hydrogen (secondary N) is 1. The van der Waals surface area contributed by atoms with E-state index in [0.717, 1.165) is 12.5 Å². The van der Waals surface area contributed by atoms with Gasteiger partial charge in [0.05, 0.1) is 18.8 Å². The van der Waals surface area contributed by atoms with E-state index in [0.29, 0.717) is 24.2 Å². The van der Waals surface area contributed by atoms with Gasteiger partial charge in [-0.2, -0.15) is 13.2 Å². The second kappa shape index (κ2) is 7.55. The van der Waals surface area contributed by atoms with E-state index >= 15 is 0 Å². The van der Waals surface area contributed by atoms with Crippen molar-refractivity contribution < 1.29 is 17.9 Å². The molecule has 6 heteroatoms. The SMILES string of the molecule is C=CCCOCCNc1ccc(Br)cc1C(F)(F)F. The van der Waals surface area contributed by atoms with Crippen LogP contribution in [0.3, 0.4) is 0 Å². The first kappa shape index (κ1) is 16.0. The lowest BCUT2D eigenvalue weighted by Gasteiger charge is -2.15. The highest BCUT2D eigenvalue weighted by molar-refractivity contribution is 9.10. The summed E-state index contributed by atoms with van der Waals surface area (Å²) >= 11 is 3.04. The van der Waals surface area contributed by atoms with E-state index in [-0.39, 0.29) is 5.69 Å². The predicted octanol–water partition coefficient (Wildman–Crippen LogP) is 4.47. The molecule has 0 heterocycles. The van der Waals surface area contributed by atoms with Crippen LogP contribution in [0.5, 0.6) is 0 Å². The molecule has 19 heavy (non-hydrogen) atoms. The topological polar surface area (TPSA) is 21.3 Å². The molecular formula is C13H15BrF3NO. The van der Waals surface area contributed by atoms with Gasteiger partial charge in [-0.1, -0.05) is 22.0 Å². The summed E-state index contributed by atoms with van der Waals surface area (Å²) in [6.45, 7) is 4.74. The van der Waals surface area contributed by atoms with Gasteiger partial charge in [-0.05, 0) is 24.6 Å². The van der Waals surface area contributed by atoms with Crippen molar-refractivity contribution in [1.29, 1.82) is 0 Å². The van der Waals surface area contributed by atoms with Gasteiger partial charge in [0.1, 0.15) is 0 Å². The van der Waals surface area contributed by atoms with E-state index in [2.05, 4.69) is 27.8 Å². The molecule has 1 aromatic carbocycles. The Labute approximate surface area is 118 Å². The maximum Gasteiger partial charge on any atom is 0.418 e. The fraction of sp³-hybridized carbons (Fsp3) is 0.385. The average molecular weight is 338 g/mol. The number of hydrogen-bond acceptors (Lipinski definition) is 2. The molecule has 0 bridgehead atoms. The van der Waals surface area contributed by atoms with Gasteiger partial charge in [0.15, 0.2) is 0 Å². The van der Waals surface area contributed by atoms with Crippen LogP contribution in [-0.4, -0.2) is 19.8 Å². The monoisotopic (exact) mass is 337 g/mol. The second-order valence-corrected chi connectivity index (χ2v) is 4.72. The number of rotatable bonds is 7. The third-order valence-electron chi connectivity index (χ3n) is 2.32. The van der Waals surface area contributed by atoms with Gasteiger partial charge < -0.3 is 10.1 Å². The van der Waals surface area contributed by atoms with Crippen LogP contribution in [-0.2, 0) is 10.9 Å². The van der Waals surface area contributed by atoms with Crippen molar-refractivity contribution in [1.82, 2.24) is 0 Å². The Morgan fingerprint density at radius 3 is 2.68 bits per heavy atom. The minimum Gasteiger partial charge on any atom is -0.382 e. The summed E-state index contributed by atoms with van der Waals surface area (Å²) in [6, 6.07) is 4.02. The molecule has 0 unspecified atom stereocenters. The van der Waals surface area contributed by atoms with Crippen LogP contribution >= 0.6 is 15.9 Å². The zero-order chi connectivity index (χ0) is 14.3. The van der Waals surface area contributed by atoms with Crippen LogP contribution in [0.1, 0.15) is 12.0 Å². The summed E-state index contributed by atoms with van der Waals surface area (Å²) in [6.07, 6.45) is -1.92. The third kappa shape index (κ3) is 5.65. The molecule has 0 aliphatic rings. The number of halogens is 4. The highest BCUT2D eigenvalue weighted by Gasteiger charge is 2.33. The first-order valence-electron chi connectivity index (χ1n) is 5.74. The van der Waals surface area contributed by atoms with Gasteiger partial charge in [-0.3, -0.25) is 0 Å². The van der Waals surface area contributed by atoms with Crippen molar-refractivity contribution in [2.24, 2.45) is 0 Å². The van der Waals surface area contributed by atoms with Gasteiger partial charge in [0, 0.05) is 16.7 Å². The first-order chi connectivity index (χ1) is 8.95. The van der Waals surface area contributed by atoms with E-state index in [1.807, 2.05) is 0 Å². The zero-order valence-corrected chi connectivity index (χ0v) is 11.9. The molecule has 0 aliphatic carbocycles. The van der Waals surface area contributed by atoms with Crippen LogP contribution in [0.4, 0.5) is 18.9 Å². The summed E-state index contributed by atoms with van der Waals surface area (Å²) in [5.74, 6) is 0. The molecule has 0 fully saturated rings. The number of ether oxygens (including phenoxy) is 1. The molecule has 0 saturated carbocycles.